The third kappa shape index (κ3) is 5.72. The number of aromatic nitrogens is 3. The van der Waals surface area contributed by atoms with E-state index in [1.165, 1.54) is 18.6 Å². The molecule has 0 bridgehead atoms. The molecule has 2 aromatic carbocycles. The zero-order chi connectivity index (χ0) is 24.8. The molecular formula is C24H20ClF2N5O3. The number of anilines is 3. The lowest BCUT2D eigenvalue weighted by Gasteiger charge is -2.13. The molecule has 0 aliphatic rings. The van der Waals surface area contributed by atoms with Crippen LogP contribution in [0.1, 0.15) is 16.8 Å². The van der Waals surface area contributed by atoms with Gasteiger partial charge in [-0.15, -0.1) is 11.6 Å². The molecule has 2 aromatic heterocycles. The van der Waals surface area contributed by atoms with Gasteiger partial charge in [0.05, 0.1) is 31.1 Å². The average molecular weight is 500 g/mol. The van der Waals surface area contributed by atoms with Crippen LogP contribution in [0.5, 0.6) is 11.5 Å². The molecular weight excluding hydrogens is 480 g/mol. The molecule has 8 nitrogen and oxygen atoms in total. The highest BCUT2D eigenvalue weighted by atomic mass is 35.5. The summed E-state index contributed by atoms with van der Waals surface area (Å²) in [4.78, 5) is 25.1. The highest BCUT2D eigenvalue weighted by Gasteiger charge is 2.13. The van der Waals surface area contributed by atoms with Crippen LogP contribution in [0, 0.1) is 11.6 Å². The van der Waals surface area contributed by atoms with Gasteiger partial charge in [0, 0.05) is 22.9 Å². The van der Waals surface area contributed by atoms with Crippen molar-refractivity contribution in [2.24, 2.45) is 0 Å². The van der Waals surface area contributed by atoms with Gasteiger partial charge >= 0.3 is 0 Å². The van der Waals surface area contributed by atoms with Crippen molar-refractivity contribution in [3.8, 4) is 11.5 Å². The second-order valence-electron chi connectivity index (χ2n) is 7.27. The lowest BCUT2D eigenvalue weighted by Crippen LogP contribution is -2.13. The van der Waals surface area contributed by atoms with Crippen molar-refractivity contribution in [1.29, 1.82) is 0 Å². The molecule has 0 aliphatic heterocycles. The van der Waals surface area contributed by atoms with Crippen LogP contribution in [-0.4, -0.2) is 40.5 Å². The Bertz CT molecular complexity index is 1360. The Kier molecular flexibility index (Phi) is 7.51. The van der Waals surface area contributed by atoms with E-state index in [0.717, 1.165) is 12.1 Å². The van der Waals surface area contributed by atoms with Crippen LogP contribution < -0.4 is 20.1 Å². The van der Waals surface area contributed by atoms with Gasteiger partial charge < -0.3 is 20.1 Å². The van der Waals surface area contributed by atoms with E-state index in [2.05, 4.69) is 25.6 Å². The van der Waals surface area contributed by atoms with Crippen molar-refractivity contribution < 1.29 is 23.0 Å². The molecule has 0 fully saturated rings. The van der Waals surface area contributed by atoms with Crippen molar-refractivity contribution in [1.82, 2.24) is 15.0 Å². The van der Waals surface area contributed by atoms with Crippen molar-refractivity contribution in [3.05, 3.63) is 72.2 Å². The molecule has 0 radical (unpaired) electrons. The Morgan fingerprint density at radius 3 is 2.60 bits per heavy atom. The van der Waals surface area contributed by atoms with Crippen LogP contribution in [0.3, 0.4) is 0 Å². The number of halogens is 3. The predicted octanol–water partition coefficient (Wildman–Crippen LogP) is 5.32. The maximum atomic E-state index is 13.4. The number of alkyl halides is 1. The molecule has 0 spiro atoms. The minimum absolute atomic E-state index is 0.0275. The Balaban J connectivity index is 1.50. The standard InChI is InChI=1S/C24H20ClF2N5O3/c1-34-20-10-16-19(11-21(20)35-8-2-7-25)29-13-30-23(16)31-15-4-6-22(28-12-15)32-24(33)14-3-5-17(26)18(27)9-14/h3-6,9-13H,2,7-8H2,1H3,(H,28,32,33)(H,29,30,31). The van der Waals surface area contributed by atoms with E-state index in [4.69, 9.17) is 21.1 Å². The van der Waals surface area contributed by atoms with Gasteiger partial charge in [0.25, 0.3) is 5.91 Å². The maximum Gasteiger partial charge on any atom is 0.256 e. The number of hydrogen-bond donors (Lipinski definition) is 2. The van der Waals surface area contributed by atoms with E-state index in [1.54, 1.807) is 31.4 Å². The van der Waals surface area contributed by atoms with Gasteiger partial charge in [0.15, 0.2) is 23.1 Å². The second-order valence-corrected chi connectivity index (χ2v) is 7.65. The molecule has 11 heteroatoms. The number of hydrogen-bond acceptors (Lipinski definition) is 7. The highest BCUT2D eigenvalue weighted by molar-refractivity contribution is 6.17. The fourth-order valence-corrected chi connectivity index (χ4v) is 3.29. The molecule has 0 saturated carbocycles. The minimum Gasteiger partial charge on any atom is -0.493 e. The number of methoxy groups -OCH3 is 1. The van der Waals surface area contributed by atoms with Gasteiger partial charge in [-0.3, -0.25) is 4.79 Å². The summed E-state index contributed by atoms with van der Waals surface area (Å²) in [6.45, 7) is 0.451. The normalized spacial score (nSPS) is 10.7. The molecule has 4 aromatic rings. The Morgan fingerprint density at radius 2 is 1.89 bits per heavy atom. The highest BCUT2D eigenvalue weighted by Crippen LogP contribution is 2.34. The van der Waals surface area contributed by atoms with E-state index < -0.39 is 17.5 Å². The first kappa shape index (κ1) is 24.1. The summed E-state index contributed by atoms with van der Waals surface area (Å²) in [5.41, 5.74) is 1.21. The van der Waals surface area contributed by atoms with E-state index in [1.807, 2.05) is 0 Å². The lowest BCUT2D eigenvalue weighted by molar-refractivity contribution is 0.102. The van der Waals surface area contributed by atoms with Crippen LogP contribution in [-0.2, 0) is 0 Å². The van der Waals surface area contributed by atoms with E-state index in [0.29, 0.717) is 52.8 Å². The first-order valence-electron chi connectivity index (χ1n) is 10.5. The number of ether oxygens (including phenoxy) is 2. The summed E-state index contributed by atoms with van der Waals surface area (Å²) in [5.74, 6) is -0.425. The molecule has 0 atom stereocenters. The number of nitrogens with one attached hydrogen (secondary N) is 2. The number of pyridine rings is 1. The molecule has 2 heterocycles. The molecule has 0 aliphatic carbocycles. The summed E-state index contributed by atoms with van der Waals surface area (Å²) in [6, 6.07) is 9.69. The summed E-state index contributed by atoms with van der Waals surface area (Å²) in [6.07, 6.45) is 3.61. The smallest absolute Gasteiger partial charge is 0.256 e. The number of fused-ring (bicyclic) bond motifs is 1. The largest absolute Gasteiger partial charge is 0.493 e. The van der Waals surface area contributed by atoms with Gasteiger partial charge in [-0.1, -0.05) is 0 Å². The summed E-state index contributed by atoms with van der Waals surface area (Å²) in [5, 5.41) is 6.40. The molecule has 35 heavy (non-hydrogen) atoms. The van der Waals surface area contributed by atoms with Crippen molar-refractivity contribution >= 4 is 45.7 Å². The van der Waals surface area contributed by atoms with E-state index in [9.17, 15) is 13.6 Å². The van der Waals surface area contributed by atoms with Gasteiger partial charge in [-0.2, -0.15) is 0 Å². The molecule has 1 amide bonds. The fourth-order valence-electron chi connectivity index (χ4n) is 3.18. The predicted molar refractivity (Wildman–Crippen MR) is 129 cm³/mol. The summed E-state index contributed by atoms with van der Waals surface area (Å²) in [7, 11) is 1.55. The summed E-state index contributed by atoms with van der Waals surface area (Å²) < 4.78 is 37.7. The lowest BCUT2D eigenvalue weighted by atomic mass is 10.2. The quantitative estimate of drug-likeness (QED) is 0.238. The van der Waals surface area contributed by atoms with Crippen LogP contribution in [0.4, 0.5) is 26.1 Å². The number of benzene rings is 2. The number of carbonyl (C=O) groups excluding carboxylic acids is 1. The van der Waals surface area contributed by atoms with Crippen molar-refractivity contribution in [2.45, 2.75) is 6.42 Å². The van der Waals surface area contributed by atoms with Gasteiger partial charge in [0.1, 0.15) is 18.0 Å². The summed E-state index contributed by atoms with van der Waals surface area (Å²) >= 11 is 5.72. The van der Waals surface area contributed by atoms with Crippen LogP contribution in [0.2, 0.25) is 0 Å². The third-order valence-corrected chi connectivity index (χ3v) is 5.17. The first-order chi connectivity index (χ1) is 17.0. The van der Waals surface area contributed by atoms with Crippen LogP contribution in [0.25, 0.3) is 10.9 Å². The van der Waals surface area contributed by atoms with E-state index >= 15 is 0 Å². The monoisotopic (exact) mass is 499 g/mol. The Morgan fingerprint density at radius 1 is 1.03 bits per heavy atom. The zero-order valence-corrected chi connectivity index (χ0v) is 19.3. The second kappa shape index (κ2) is 10.9. The SMILES string of the molecule is COc1cc2c(Nc3ccc(NC(=O)c4ccc(F)c(F)c4)nc3)ncnc2cc1OCCCCl. The first-order valence-corrected chi connectivity index (χ1v) is 11.0. The Hall–Kier alpha value is -4.05. The third-order valence-electron chi connectivity index (χ3n) is 4.91. The zero-order valence-electron chi connectivity index (χ0n) is 18.5. The fraction of sp³-hybridized carbons (Fsp3) is 0.167. The molecule has 0 unspecified atom stereocenters. The molecule has 0 saturated heterocycles. The Labute approximate surface area is 204 Å². The van der Waals surface area contributed by atoms with Crippen molar-refractivity contribution in [3.63, 3.8) is 0 Å². The number of amides is 1. The molecule has 4 rings (SSSR count). The van der Waals surface area contributed by atoms with Crippen LogP contribution in [0.15, 0.2) is 55.0 Å². The van der Waals surface area contributed by atoms with Gasteiger partial charge in [0.2, 0.25) is 0 Å². The van der Waals surface area contributed by atoms with E-state index in [-0.39, 0.29) is 11.4 Å². The molecule has 180 valence electrons. The van der Waals surface area contributed by atoms with Gasteiger partial charge in [-0.05, 0) is 42.8 Å². The average Bonchev–Trinajstić information content (AvgIpc) is 2.86. The topological polar surface area (TPSA) is 98.3 Å². The number of rotatable bonds is 9. The maximum absolute atomic E-state index is 13.4. The minimum atomic E-state index is -1.10. The number of nitrogens with zero attached hydrogens (tertiary/aromatic N) is 3. The number of carbonyl (C=O) groups is 1. The van der Waals surface area contributed by atoms with Crippen molar-refractivity contribution in [2.75, 3.05) is 30.2 Å². The van der Waals surface area contributed by atoms with Crippen LogP contribution >= 0.6 is 11.6 Å². The molecule has 2 N–H and O–H groups in total. The van der Waals surface area contributed by atoms with Gasteiger partial charge in [-0.25, -0.2) is 23.7 Å².